The van der Waals surface area contributed by atoms with Crippen LogP contribution in [0.5, 0.6) is 0 Å². The van der Waals surface area contributed by atoms with Crippen LogP contribution in [0.15, 0.2) is 94.2 Å². The largest absolute Gasteiger partial charge is 0.464 e. The second-order valence-electron chi connectivity index (χ2n) is 31.8. The van der Waals surface area contributed by atoms with Crippen molar-refractivity contribution < 1.29 is 4.42 Å². The predicted molar refractivity (Wildman–Crippen MR) is 355 cm³/mol. The maximum Gasteiger partial charge on any atom is 0.156 e. The van der Waals surface area contributed by atoms with E-state index in [1.165, 1.54) is 216 Å². The molecule has 3 aromatic carbocycles. The lowest BCUT2D eigenvalue weighted by atomic mass is 9.53. The molecule has 458 valence electrons. The molecule has 16 fully saturated rings. The molecule has 86 heavy (non-hydrogen) atoms. The van der Waals surface area contributed by atoms with Crippen LogP contribution < -0.4 is 21.3 Å². The van der Waals surface area contributed by atoms with E-state index in [4.69, 9.17) is 16.0 Å². The van der Waals surface area contributed by atoms with Gasteiger partial charge < -0.3 is 25.7 Å². The molecule has 0 aliphatic heterocycles. The van der Waals surface area contributed by atoms with E-state index in [2.05, 4.69) is 117 Å². The molecule has 6 aromatic rings. The van der Waals surface area contributed by atoms with E-state index in [0.717, 1.165) is 119 Å². The molecular weight excluding hydrogens is 1110 g/mol. The van der Waals surface area contributed by atoms with Crippen molar-refractivity contribution in [2.45, 2.75) is 230 Å². The zero-order chi connectivity index (χ0) is 58.2. The van der Waals surface area contributed by atoms with E-state index < -0.39 is 0 Å². The third kappa shape index (κ3) is 12.9. The minimum absolute atomic E-state index is 0.438. The minimum atomic E-state index is 0.438. The summed E-state index contributed by atoms with van der Waals surface area (Å²) in [5, 5.41) is 22.2. The molecule has 0 radical (unpaired) electrons. The SMILES string of the molecule is Cc1cc(-c2ccco2)ccc1CNC12CC3CC(CC(C3)C1)C2.Cc1cc(-c2ccsc2)ccc1CNC12CC3CC(CC(C3)C1)C2.Cc1cc(Cl)ccc1CNC12CC3CC(CC(C3)C1)C2.Cc1nc(CNC23CC4CC(CC(C4)C2)C3)ns1. The van der Waals surface area contributed by atoms with Gasteiger partial charge in [0.05, 0.1) is 12.8 Å². The number of nitrogens with one attached hydrogen (secondary N) is 4. The van der Waals surface area contributed by atoms with E-state index in [9.17, 15) is 0 Å². The number of hydrogen-bond donors (Lipinski definition) is 4. The topological polar surface area (TPSA) is 87.0 Å². The quantitative estimate of drug-likeness (QED) is 0.0864. The monoisotopic (exact) mass is 1210 g/mol. The fraction of sp³-hybridized carbons (Fsp3) is 0.632. The van der Waals surface area contributed by atoms with Crippen LogP contribution in [0.4, 0.5) is 0 Å². The minimum Gasteiger partial charge on any atom is -0.464 e. The first-order valence-corrected chi connectivity index (χ1v) is 36.6. The molecule has 7 nitrogen and oxygen atoms in total. The molecular formula is C76H99ClN6OS2. The number of nitrogens with zero attached hydrogens (tertiary/aromatic N) is 2. The van der Waals surface area contributed by atoms with Crippen molar-refractivity contribution in [3.8, 4) is 22.5 Å². The summed E-state index contributed by atoms with van der Waals surface area (Å²) in [5.41, 5.74) is 14.1. The highest BCUT2D eigenvalue weighted by Gasteiger charge is 2.54. The molecule has 10 heteroatoms. The smallest absolute Gasteiger partial charge is 0.156 e. The Bertz CT molecular complexity index is 3040. The van der Waals surface area contributed by atoms with Crippen LogP contribution in [-0.2, 0) is 26.2 Å². The van der Waals surface area contributed by atoms with Gasteiger partial charge >= 0.3 is 0 Å². The van der Waals surface area contributed by atoms with E-state index in [0.29, 0.717) is 22.2 Å². The van der Waals surface area contributed by atoms with Crippen LogP contribution in [0, 0.1) is 98.7 Å². The van der Waals surface area contributed by atoms with Gasteiger partial charge in [-0.25, -0.2) is 4.98 Å². The number of rotatable bonds is 14. The lowest BCUT2D eigenvalue weighted by Gasteiger charge is -2.57. The first-order chi connectivity index (χ1) is 41.7. The van der Waals surface area contributed by atoms with Crippen LogP contribution in [0.3, 0.4) is 0 Å². The average molecular weight is 1210 g/mol. The summed E-state index contributed by atoms with van der Waals surface area (Å²) in [4.78, 5) is 4.47. The Hall–Kier alpha value is -3.67. The van der Waals surface area contributed by atoms with Gasteiger partial charge in [0.25, 0.3) is 0 Å². The molecule has 16 aliphatic carbocycles. The summed E-state index contributed by atoms with van der Waals surface area (Å²) < 4.78 is 9.92. The number of thiophene rings is 1. The van der Waals surface area contributed by atoms with Crippen molar-refractivity contribution in [1.29, 1.82) is 0 Å². The molecule has 16 aliphatic rings. The van der Waals surface area contributed by atoms with E-state index in [1.54, 1.807) is 17.6 Å². The molecule has 0 saturated heterocycles. The number of aryl methyl sites for hydroxylation is 4. The van der Waals surface area contributed by atoms with E-state index in [1.807, 2.05) is 25.1 Å². The number of aromatic nitrogens is 2. The summed E-state index contributed by atoms with van der Waals surface area (Å²) in [6.07, 6.45) is 37.0. The maximum atomic E-state index is 6.05. The van der Waals surface area contributed by atoms with Crippen LogP contribution in [0.25, 0.3) is 22.5 Å². The summed E-state index contributed by atoms with van der Waals surface area (Å²) in [6, 6.07) is 26.2. The van der Waals surface area contributed by atoms with Gasteiger partial charge in [0.15, 0.2) is 5.82 Å². The Morgan fingerprint density at radius 2 is 0.814 bits per heavy atom. The Morgan fingerprint density at radius 1 is 0.442 bits per heavy atom. The average Bonchev–Trinajstić information content (AvgIpc) is 1.05. The molecule has 4 N–H and O–H groups in total. The van der Waals surface area contributed by atoms with Crippen molar-refractivity contribution in [3.05, 3.63) is 139 Å². The highest BCUT2D eigenvalue weighted by Crippen LogP contribution is 2.59. The van der Waals surface area contributed by atoms with Crippen molar-refractivity contribution in [1.82, 2.24) is 30.6 Å². The van der Waals surface area contributed by atoms with Gasteiger partial charge in [0, 0.05) is 52.4 Å². The van der Waals surface area contributed by atoms with E-state index in [-0.39, 0.29) is 0 Å². The standard InChI is InChI=1S/C22H27NO.C22H27NS.C18H24ClN.C14H21N3S/c1-15-7-19(21-3-2-6-24-21)4-5-20(15)14-23-22-11-16-8-17(12-22)10-18(9-16)13-22;1-15-6-19(21-4-5-24-14-21)2-3-20(15)13-23-22-10-16-7-17(11-22)9-18(8-16)12-22;1-12-4-17(19)3-2-16(12)11-20-18-8-13-5-14(9-18)7-15(6-13)10-18;1-9-16-13(17-18-9)8-15-14-5-10-2-11(6-14)4-12(3-10)7-14/h2-7,16-18,23H,8-14H2,1H3;2-6,14,16-18,23H,7-13H2,1H3;2-4,13-15,20H,5-11H2,1H3;10-12,15H,2-8H2,1H3. The third-order valence-corrected chi connectivity index (χ3v) is 26.5. The molecule has 0 amide bonds. The maximum absolute atomic E-state index is 6.05. The Balaban J connectivity index is 0.0000000975. The second-order valence-corrected chi connectivity index (χ2v) is 34.0. The van der Waals surface area contributed by atoms with Gasteiger partial charge in [-0.05, 0) is 356 Å². The van der Waals surface area contributed by atoms with Crippen LogP contribution >= 0.6 is 34.5 Å². The van der Waals surface area contributed by atoms with Gasteiger partial charge in [-0.3, -0.25) is 0 Å². The van der Waals surface area contributed by atoms with Gasteiger partial charge in [0.2, 0.25) is 0 Å². The highest BCUT2D eigenvalue weighted by atomic mass is 35.5. The summed E-state index contributed by atoms with van der Waals surface area (Å²) in [5.74, 6) is 14.1. The molecule has 0 atom stereocenters. The van der Waals surface area contributed by atoms with Crippen LogP contribution in [-0.4, -0.2) is 31.5 Å². The van der Waals surface area contributed by atoms with Crippen molar-refractivity contribution >= 4 is 34.5 Å². The van der Waals surface area contributed by atoms with Gasteiger partial charge in [-0.1, -0.05) is 48.0 Å². The number of hydrogen-bond acceptors (Lipinski definition) is 9. The van der Waals surface area contributed by atoms with Gasteiger partial charge in [-0.15, -0.1) is 0 Å². The van der Waals surface area contributed by atoms with Gasteiger partial charge in [-0.2, -0.15) is 15.7 Å². The number of halogens is 1. The normalized spacial score (nSPS) is 36.6. The Morgan fingerprint density at radius 3 is 1.15 bits per heavy atom. The molecule has 3 aromatic heterocycles. The predicted octanol–water partition coefficient (Wildman–Crippen LogP) is 18.7. The first-order valence-electron chi connectivity index (χ1n) is 34.5. The molecule has 16 saturated carbocycles. The summed E-state index contributed by atoms with van der Waals surface area (Å²) in [6.45, 7) is 12.6. The third-order valence-electron chi connectivity index (χ3n) is 25.0. The van der Waals surface area contributed by atoms with Crippen LogP contribution in [0.1, 0.15) is 198 Å². The summed E-state index contributed by atoms with van der Waals surface area (Å²) >= 11 is 9.35. The van der Waals surface area contributed by atoms with Crippen molar-refractivity contribution in [2.75, 3.05) is 0 Å². The summed E-state index contributed by atoms with van der Waals surface area (Å²) in [7, 11) is 0. The fourth-order valence-electron chi connectivity index (χ4n) is 22.7. The molecule has 22 rings (SSSR count). The highest BCUT2D eigenvalue weighted by molar-refractivity contribution is 7.08. The van der Waals surface area contributed by atoms with Crippen LogP contribution in [0.2, 0.25) is 5.02 Å². The Kier molecular flexibility index (Phi) is 16.5. The van der Waals surface area contributed by atoms with E-state index >= 15 is 0 Å². The number of furan rings is 1. The van der Waals surface area contributed by atoms with Gasteiger partial charge in [0.1, 0.15) is 10.8 Å². The lowest BCUT2D eigenvalue weighted by molar-refractivity contribution is -0.0209. The molecule has 0 spiro atoms. The molecule has 3 heterocycles. The zero-order valence-corrected chi connectivity index (χ0v) is 54.8. The first kappa shape index (κ1) is 58.7. The Labute approximate surface area is 528 Å². The fourth-order valence-corrected chi connectivity index (χ4v) is 24.1. The molecule has 0 unspecified atom stereocenters. The molecule has 16 bridgehead atoms. The second kappa shape index (κ2) is 24.2. The zero-order valence-electron chi connectivity index (χ0n) is 52.4. The lowest BCUT2D eigenvalue weighted by Crippen LogP contribution is -2.58. The van der Waals surface area contributed by atoms with Crippen molar-refractivity contribution in [3.63, 3.8) is 0 Å². The number of benzene rings is 3. The van der Waals surface area contributed by atoms with Crippen molar-refractivity contribution in [2.24, 2.45) is 71.0 Å².